The average molecular weight is 430 g/mol. The van der Waals surface area contributed by atoms with Crippen LogP contribution in [0.25, 0.3) is 0 Å². The van der Waals surface area contributed by atoms with Gasteiger partial charge in [-0.2, -0.15) is 0 Å². The van der Waals surface area contributed by atoms with Crippen LogP contribution in [0.15, 0.2) is 15.9 Å². The standard InChI is InChI=1S/C18H28BrN3O2S/c1-13(21-17(24)14-8-9-15(19)25-14)16(23)20-12-18(22(2)3)10-6-4-5-7-11-18/h8-9,13H,4-7,10-12H2,1-3H3,(H,20,23)(H,21,24). The first kappa shape index (κ1) is 20.4. The number of likely N-dealkylation sites (N-methyl/N-ethyl adjacent to an activating group) is 1. The maximum atomic E-state index is 12.5. The van der Waals surface area contributed by atoms with Crippen LogP contribution < -0.4 is 10.6 Å². The van der Waals surface area contributed by atoms with Crippen molar-refractivity contribution < 1.29 is 9.59 Å². The summed E-state index contributed by atoms with van der Waals surface area (Å²) in [5.41, 5.74) is 0.0223. The van der Waals surface area contributed by atoms with Gasteiger partial charge in [-0.25, -0.2) is 0 Å². The lowest BCUT2D eigenvalue weighted by molar-refractivity contribution is -0.123. The van der Waals surface area contributed by atoms with Crippen LogP contribution in [-0.4, -0.2) is 48.9 Å². The van der Waals surface area contributed by atoms with Crippen molar-refractivity contribution in [1.82, 2.24) is 15.5 Å². The van der Waals surface area contributed by atoms with E-state index in [1.165, 1.54) is 37.0 Å². The third kappa shape index (κ3) is 5.53. The minimum absolute atomic E-state index is 0.0223. The van der Waals surface area contributed by atoms with Crippen molar-refractivity contribution in [3.63, 3.8) is 0 Å². The van der Waals surface area contributed by atoms with Crippen LogP contribution in [0, 0.1) is 0 Å². The van der Waals surface area contributed by atoms with Crippen molar-refractivity contribution in [3.8, 4) is 0 Å². The van der Waals surface area contributed by atoms with Crippen LogP contribution in [-0.2, 0) is 4.79 Å². The lowest BCUT2D eigenvalue weighted by atomic mass is 9.88. The Bertz CT molecular complexity index is 595. The maximum Gasteiger partial charge on any atom is 0.262 e. The molecule has 2 amide bonds. The molecule has 1 aliphatic rings. The molecule has 140 valence electrons. The van der Waals surface area contributed by atoms with E-state index in [-0.39, 0.29) is 17.4 Å². The lowest BCUT2D eigenvalue weighted by Crippen LogP contribution is -2.55. The molecule has 7 heteroatoms. The predicted octanol–water partition coefficient (Wildman–Crippen LogP) is 3.40. The van der Waals surface area contributed by atoms with Crippen molar-refractivity contribution in [2.75, 3.05) is 20.6 Å². The van der Waals surface area contributed by atoms with Gasteiger partial charge < -0.3 is 15.5 Å². The molecule has 0 saturated heterocycles. The van der Waals surface area contributed by atoms with E-state index in [2.05, 4.69) is 45.6 Å². The molecular formula is C18H28BrN3O2S. The summed E-state index contributed by atoms with van der Waals surface area (Å²) in [5, 5.41) is 5.84. The normalized spacial score (nSPS) is 18.4. The molecule has 0 aromatic carbocycles. The Kier molecular flexibility index (Phi) is 7.46. The van der Waals surface area contributed by atoms with Gasteiger partial charge in [0.1, 0.15) is 6.04 Å². The fourth-order valence-electron chi connectivity index (χ4n) is 3.34. The number of nitrogens with one attached hydrogen (secondary N) is 2. The summed E-state index contributed by atoms with van der Waals surface area (Å²) in [6, 6.07) is 3.02. The summed E-state index contributed by atoms with van der Waals surface area (Å²) < 4.78 is 0.899. The fourth-order valence-corrected chi connectivity index (χ4v) is 4.63. The molecule has 1 heterocycles. The largest absolute Gasteiger partial charge is 0.352 e. The second-order valence-corrected chi connectivity index (χ2v) is 9.51. The molecule has 0 aliphatic heterocycles. The van der Waals surface area contributed by atoms with Gasteiger partial charge in [-0.3, -0.25) is 9.59 Å². The van der Waals surface area contributed by atoms with E-state index >= 15 is 0 Å². The van der Waals surface area contributed by atoms with Crippen LogP contribution in [0.2, 0.25) is 0 Å². The highest BCUT2D eigenvalue weighted by Gasteiger charge is 2.34. The minimum atomic E-state index is -0.557. The Hall–Kier alpha value is -0.920. The molecule has 25 heavy (non-hydrogen) atoms. The number of hydrogen-bond acceptors (Lipinski definition) is 4. The molecule has 1 unspecified atom stereocenters. The molecule has 2 N–H and O–H groups in total. The van der Waals surface area contributed by atoms with Crippen LogP contribution in [0.4, 0.5) is 0 Å². The van der Waals surface area contributed by atoms with E-state index in [1.807, 2.05) is 6.07 Å². The highest BCUT2D eigenvalue weighted by molar-refractivity contribution is 9.11. The molecule has 1 atom stereocenters. The van der Waals surface area contributed by atoms with Crippen molar-refractivity contribution >= 4 is 39.1 Å². The number of hydrogen-bond donors (Lipinski definition) is 2. The zero-order valence-corrected chi connectivity index (χ0v) is 17.6. The number of rotatable bonds is 6. The third-order valence-corrected chi connectivity index (χ3v) is 6.73. The zero-order valence-electron chi connectivity index (χ0n) is 15.2. The van der Waals surface area contributed by atoms with Gasteiger partial charge in [-0.15, -0.1) is 11.3 Å². The van der Waals surface area contributed by atoms with Gasteiger partial charge in [-0.05, 0) is 61.9 Å². The molecule has 2 rings (SSSR count). The molecule has 1 saturated carbocycles. The van der Waals surface area contributed by atoms with E-state index in [4.69, 9.17) is 0 Å². The van der Waals surface area contributed by atoms with Gasteiger partial charge in [-0.1, -0.05) is 25.7 Å². The molecule has 5 nitrogen and oxygen atoms in total. The quantitative estimate of drug-likeness (QED) is 0.681. The van der Waals surface area contributed by atoms with E-state index in [0.29, 0.717) is 11.4 Å². The first-order chi connectivity index (χ1) is 11.8. The molecule has 0 spiro atoms. The SMILES string of the molecule is CC(NC(=O)c1ccc(Br)s1)C(=O)NCC1(N(C)C)CCCCCC1. The predicted molar refractivity (Wildman–Crippen MR) is 106 cm³/mol. The lowest BCUT2D eigenvalue weighted by Gasteiger charge is -2.40. The second kappa shape index (κ2) is 9.14. The van der Waals surface area contributed by atoms with E-state index in [0.717, 1.165) is 16.6 Å². The summed E-state index contributed by atoms with van der Waals surface area (Å²) >= 11 is 4.70. The van der Waals surface area contributed by atoms with Crippen molar-refractivity contribution in [2.24, 2.45) is 0 Å². The third-order valence-electron chi connectivity index (χ3n) is 5.11. The first-order valence-corrected chi connectivity index (χ1v) is 10.5. The molecule has 0 radical (unpaired) electrons. The molecule has 1 aromatic rings. The van der Waals surface area contributed by atoms with E-state index in [9.17, 15) is 9.59 Å². The smallest absolute Gasteiger partial charge is 0.262 e. The minimum Gasteiger partial charge on any atom is -0.352 e. The molecule has 1 fully saturated rings. The Labute approximate surface area is 162 Å². The Balaban J connectivity index is 1.90. The number of carbonyl (C=O) groups excluding carboxylic acids is 2. The number of halogens is 1. The summed E-state index contributed by atoms with van der Waals surface area (Å²) in [5.74, 6) is -0.343. The first-order valence-electron chi connectivity index (χ1n) is 8.85. The average Bonchev–Trinajstić information content (AvgIpc) is 2.86. The zero-order chi connectivity index (χ0) is 18.4. The Morgan fingerprint density at radius 1 is 1.24 bits per heavy atom. The highest BCUT2D eigenvalue weighted by atomic mass is 79.9. The Morgan fingerprint density at radius 2 is 1.88 bits per heavy atom. The van der Waals surface area contributed by atoms with Crippen molar-refractivity contribution in [1.29, 1.82) is 0 Å². The van der Waals surface area contributed by atoms with Gasteiger partial charge in [0.15, 0.2) is 0 Å². The molecule has 1 aromatic heterocycles. The summed E-state index contributed by atoms with van der Waals surface area (Å²) in [6.45, 7) is 2.36. The van der Waals surface area contributed by atoms with Gasteiger partial charge in [0.05, 0.1) is 8.66 Å². The number of amides is 2. The van der Waals surface area contributed by atoms with Gasteiger partial charge in [0.2, 0.25) is 5.91 Å². The van der Waals surface area contributed by atoms with Crippen LogP contribution in [0.1, 0.15) is 55.1 Å². The monoisotopic (exact) mass is 429 g/mol. The van der Waals surface area contributed by atoms with Gasteiger partial charge in [0.25, 0.3) is 5.91 Å². The molecule has 1 aliphatic carbocycles. The van der Waals surface area contributed by atoms with Crippen LogP contribution >= 0.6 is 27.3 Å². The van der Waals surface area contributed by atoms with Gasteiger partial charge >= 0.3 is 0 Å². The molecular weight excluding hydrogens is 402 g/mol. The summed E-state index contributed by atoms with van der Waals surface area (Å²) in [7, 11) is 4.19. The van der Waals surface area contributed by atoms with Crippen molar-refractivity contribution in [2.45, 2.75) is 57.0 Å². The summed E-state index contributed by atoms with van der Waals surface area (Å²) in [4.78, 5) is 27.5. The molecule has 0 bridgehead atoms. The Morgan fingerprint density at radius 3 is 2.40 bits per heavy atom. The van der Waals surface area contributed by atoms with E-state index in [1.54, 1.807) is 13.0 Å². The summed E-state index contributed by atoms with van der Waals surface area (Å²) in [6.07, 6.45) is 7.15. The number of nitrogens with zero attached hydrogens (tertiary/aromatic N) is 1. The van der Waals surface area contributed by atoms with E-state index < -0.39 is 6.04 Å². The fraction of sp³-hybridized carbons (Fsp3) is 0.667. The van der Waals surface area contributed by atoms with Gasteiger partial charge in [0, 0.05) is 12.1 Å². The van der Waals surface area contributed by atoms with Crippen LogP contribution in [0.5, 0.6) is 0 Å². The van der Waals surface area contributed by atoms with Crippen LogP contribution in [0.3, 0.4) is 0 Å². The van der Waals surface area contributed by atoms with Crippen molar-refractivity contribution in [3.05, 3.63) is 20.8 Å². The maximum absolute atomic E-state index is 12.5. The number of thiophene rings is 1. The number of carbonyl (C=O) groups is 2. The topological polar surface area (TPSA) is 61.4 Å². The highest BCUT2D eigenvalue weighted by Crippen LogP contribution is 2.30. The second-order valence-electron chi connectivity index (χ2n) is 7.05.